The Morgan fingerprint density at radius 1 is 1.24 bits per heavy atom. The van der Waals surface area contributed by atoms with Crippen LogP contribution < -0.4 is 9.64 Å². The molecule has 0 spiro atoms. The summed E-state index contributed by atoms with van der Waals surface area (Å²) in [5.41, 5.74) is 2.10. The summed E-state index contributed by atoms with van der Waals surface area (Å²) in [6.07, 6.45) is 0. The van der Waals surface area contributed by atoms with E-state index in [0.29, 0.717) is 12.6 Å². The molecule has 1 fully saturated rings. The summed E-state index contributed by atoms with van der Waals surface area (Å²) < 4.78 is 10.7. The van der Waals surface area contributed by atoms with E-state index in [1.807, 2.05) is 13.8 Å². The lowest BCUT2D eigenvalue weighted by atomic mass is 10.2. The van der Waals surface area contributed by atoms with E-state index in [-0.39, 0.29) is 0 Å². The van der Waals surface area contributed by atoms with Gasteiger partial charge >= 0.3 is 6.01 Å². The van der Waals surface area contributed by atoms with E-state index >= 15 is 0 Å². The highest BCUT2D eigenvalue weighted by molar-refractivity contribution is 5.49. The van der Waals surface area contributed by atoms with Crippen LogP contribution in [0.15, 0.2) is 0 Å². The number of aromatic nitrogens is 2. The van der Waals surface area contributed by atoms with Crippen LogP contribution in [0, 0.1) is 13.8 Å². The molecule has 2 heterocycles. The van der Waals surface area contributed by atoms with Gasteiger partial charge < -0.3 is 14.4 Å². The van der Waals surface area contributed by atoms with Gasteiger partial charge in [0.15, 0.2) is 0 Å². The minimum Gasteiger partial charge on any atom is -0.464 e. The third-order valence-electron chi connectivity index (χ3n) is 2.93. The van der Waals surface area contributed by atoms with E-state index in [2.05, 4.69) is 21.8 Å². The fourth-order valence-corrected chi connectivity index (χ4v) is 1.87. The Kier molecular flexibility index (Phi) is 3.78. The largest absolute Gasteiger partial charge is 0.464 e. The number of rotatable bonds is 3. The molecule has 0 atom stereocenters. The van der Waals surface area contributed by atoms with Crippen molar-refractivity contribution in [2.45, 2.75) is 20.8 Å². The first kappa shape index (κ1) is 12.1. The van der Waals surface area contributed by atoms with Crippen molar-refractivity contribution < 1.29 is 9.47 Å². The van der Waals surface area contributed by atoms with E-state index in [1.54, 1.807) is 0 Å². The molecule has 0 radical (unpaired) electrons. The number of anilines is 1. The van der Waals surface area contributed by atoms with Crippen molar-refractivity contribution in [3.05, 3.63) is 11.3 Å². The van der Waals surface area contributed by atoms with E-state index < -0.39 is 0 Å². The lowest BCUT2D eigenvalue weighted by Crippen LogP contribution is -2.37. The van der Waals surface area contributed by atoms with Gasteiger partial charge in [0.25, 0.3) is 0 Å². The van der Waals surface area contributed by atoms with Gasteiger partial charge in [-0.1, -0.05) is 0 Å². The molecule has 0 N–H and O–H groups in total. The topological polar surface area (TPSA) is 47.5 Å². The summed E-state index contributed by atoms with van der Waals surface area (Å²) in [5, 5.41) is 0. The molecule has 0 aromatic carbocycles. The van der Waals surface area contributed by atoms with Crippen molar-refractivity contribution in [1.82, 2.24) is 9.97 Å². The number of morpholine rings is 1. The molecule has 1 aliphatic rings. The first-order valence-electron chi connectivity index (χ1n) is 6.03. The smallest absolute Gasteiger partial charge is 0.318 e. The molecule has 5 nitrogen and oxygen atoms in total. The fraction of sp³-hybridized carbons (Fsp3) is 0.667. The molecular weight excluding hydrogens is 218 g/mol. The Hall–Kier alpha value is -1.36. The molecule has 1 aliphatic heterocycles. The van der Waals surface area contributed by atoms with Gasteiger partial charge in [0, 0.05) is 24.3 Å². The number of ether oxygens (including phenoxy) is 2. The van der Waals surface area contributed by atoms with Crippen LogP contribution in [0.2, 0.25) is 0 Å². The van der Waals surface area contributed by atoms with Crippen LogP contribution in [0.4, 0.5) is 5.82 Å². The fourth-order valence-electron chi connectivity index (χ4n) is 1.87. The second-order valence-electron chi connectivity index (χ2n) is 4.07. The van der Waals surface area contributed by atoms with Crippen LogP contribution >= 0.6 is 0 Å². The Bertz CT molecular complexity index is 390. The monoisotopic (exact) mass is 237 g/mol. The molecule has 0 bridgehead atoms. The van der Waals surface area contributed by atoms with E-state index in [9.17, 15) is 0 Å². The standard InChI is InChI=1S/C12H19N3O2/c1-4-17-12-13-10(3)9(2)11(14-12)15-5-7-16-8-6-15/h4-8H2,1-3H3. The number of hydrogen-bond acceptors (Lipinski definition) is 5. The van der Waals surface area contributed by atoms with Crippen molar-refractivity contribution in [2.75, 3.05) is 37.8 Å². The van der Waals surface area contributed by atoms with Gasteiger partial charge in [-0.05, 0) is 20.8 Å². The zero-order chi connectivity index (χ0) is 12.3. The predicted octanol–water partition coefficient (Wildman–Crippen LogP) is 1.33. The normalized spacial score (nSPS) is 16.1. The maximum atomic E-state index is 5.39. The molecule has 0 amide bonds. The minimum atomic E-state index is 0.470. The molecule has 17 heavy (non-hydrogen) atoms. The number of hydrogen-bond donors (Lipinski definition) is 0. The molecule has 5 heteroatoms. The van der Waals surface area contributed by atoms with E-state index in [1.165, 1.54) is 0 Å². The van der Waals surface area contributed by atoms with E-state index in [4.69, 9.17) is 9.47 Å². The molecule has 2 rings (SSSR count). The van der Waals surface area contributed by atoms with Crippen molar-refractivity contribution in [2.24, 2.45) is 0 Å². The Morgan fingerprint density at radius 2 is 1.94 bits per heavy atom. The van der Waals surface area contributed by atoms with Crippen molar-refractivity contribution in [3.8, 4) is 6.01 Å². The van der Waals surface area contributed by atoms with Gasteiger partial charge in [-0.3, -0.25) is 0 Å². The third kappa shape index (κ3) is 2.66. The van der Waals surface area contributed by atoms with Crippen LogP contribution in [-0.2, 0) is 4.74 Å². The Labute approximate surface area is 102 Å². The zero-order valence-electron chi connectivity index (χ0n) is 10.7. The molecule has 94 valence electrons. The zero-order valence-corrected chi connectivity index (χ0v) is 10.7. The van der Waals surface area contributed by atoms with Gasteiger partial charge in [-0.25, -0.2) is 4.98 Å². The minimum absolute atomic E-state index is 0.470. The second-order valence-corrected chi connectivity index (χ2v) is 4.07. The third-order valence-corrected chi connectivity index (χ3v) is 2.93. The van der Waals surface area contributed by atoms with Crippen LogP contribution in [0.1, 0.15) is 18.2 Å². The van der Waals surface area contributed by atoms with Crippen molar-refractivity contribution >= 4 is 5.82 Å². The number of nitrogens with zero attached hydrogens (tertiary/aromatic N) is 3. The second kappa shape index (κ2) is 5.31. The Balaban J connectivity index is 2.29. The van der Waals surface area contributed by atoms with Crippen molar-refractivity contribution in [1.29, 1.82) is 0 Å². The molecular formula is C12H19N3O2. The van der Waals surface area contributed by atoms with Gasteiger partial charge in [0.1, 0.15) is 5.82 Å². The molecule has 0 unspecified atom stereocenters. The van der Waals surface area contributed by atoms with E-state index in [0.717, 1.165) is 43.4 Å². The highest BCUT2D eigenvalue weighted by atomic mass is 16.5. The summed E-state index contributed by atoms with van der Waals surface area (Å²) in [4.78, 5) is 11.0. The van der Waals surface area contributed by atoms with Gasteiger partial charge in [0.2, 0.25) is 0 Å². The van der Waals surface area contributed by atoms with Crippen LogP contribution in [0.5, 0.6) is 6.01 Å². The predicted molar refractivity (Wildman–Crippen MR) is 65.7 cm³/mol. The molecule has 1 aromatic heterocycles. The molecule has 0 saturated carbocycles. The van der Waals surface area contributed by atoms with Gasteiger partial charge in [-0.15, -0.1) is 0 Å². The van der Waals surface area contributed by atoms with Crippen LogP contribution in [0.25, 0.3) is 0 Å². The summed E-state index contributed by atoms with van der Waals surface area (Å²) >= 11 is 0. The Morgan fingerprint density at radius 3 is 2.59 bits per heavy atom. The summed E-state index contributed by atoms with van der Waals surface area (Å²) in [6, 6.07) is 0.470. The summed E-state index contributed by atoms with van der Waals surface area (Å²) in [5.74, 6) is 0.976. The van der Waals surface area contributed by atoms with Crippen LogP contribution in [0.3, 0.4) is 0 Å². The molecule has 0 aliphatic carbocycles. The first-order chi connectivity index (χ1) is 8.22. The molecule has 1 saturated heterocycles. The van der Waals surface area contributed by atoms with Crippen LogP contribution in [-0.4, -0.2) is 42.9 Å². The first-order valence-corrected chi connectivity index (χ1v) is 6.03. The number of aryl methyl sites for hydroxylation is 1. The maximum Gasteiger partial charge on any atom is 0.318 e. The molecule has 1 aromatic rings. The van der Waals surface area contributed by atoms with Crippen molar-refractivity contribution in [3.63, 3.8) is 0 Å². The van der Waals surface area contributed by atoms with Gasteiger partial charge in [-0.2, -0.15) is 4.98 Å². The van der Waals surface area contributed by atoms with Gasteiger partial charge in [0.05, 0.1) is 19.8 Å². The maximum absolute atomic E-state index is 5.39. The average Bonchev–Trinajstić information content (AvgIpc) is 2.35. The lowest BCUT2D eigenvalue weighted by Gasteiger charge is -2.29. The summed E-state index contributed by atoms with van der Waals surface area (Å²) in [7, 11) is 0. The average molecular weight is 237 g/mol. The quantitative estimate of drug-likeness (QED) is 0.793. The highest BCUT2D eigenvalue weighted by Gasteiger charge is 2.17. The lowest BCUT2D eigenvalue weighted by molar-refractivity contribution is 0.122. The SMILES string of the molecule is CCOc1nc(C)c(C)c(N2CCOCC2)n1. The highest BCUT2D eigenvalue weighted by Crippen LogP contribution is 2.22. The summed E-state index contributed by atoms with van der Waals surface area (Å²) in [6.45, 7) is 9.84.